The van der Waals surface area contributed by atoms with Crippen LogP contribution in [0, 0.1) is 0 Å². The number of aliphatic imine (C=N–C) groups is 1. The van der Waals surface area contributed by atoms with E-state index >= 15 is 0 Å². The lowest BCUT2D eigenvalue weighted by Crippen LogP contribution is -2.42. The summed E-state index contributed by atoms with van der Waals surface area (Å²) in [4.78, 5) is 6.85. The molecule has 2 atom stereocenters. The molecule has 3 N–H and O–H groups in total. The molecule has 148 valence electrons. The van der Waals surface area contributed by atoms with E-state index in [0.717, 1.165) is 23.6 Å². The van der Waals surface area contributed by atoms with Crippen molar-refractivity contribution in [3.8, 4) is 0 Å². The third kappa shape index (κ3) is 6.37. The van der Waals surface area contributed by atoms with Gasteiger partial charge in [-0.05, 0) is 26.6 Å². The van der Waals surface area contributed by atoms with Gasteiger partial charge in [0.1, 0.15) is 0 Å². The normalized spacial score (nSPS) is 14.2. The lowest BCUT2D eigenvalue weighted by molar-refractivity contribution is 0.268. The van der Waals surface area contributed by atoms with Gasteiger partial charge in [-0.2, -0.15) is 5.10 Å². The summed E-state index contributed by atoms with van der Waals surface area (Å²) in [6.07, 6.45) is 3.93. The topological polar surface area (TPSA) is 77.7 Å². The largest absolute Gasteiger partial charge is 0.396 e. The molecule has 1 heterocycles. The van der Waals surface area contributed by atoms with Gasteiger partial charge < -0.3 is 20.6 Å². The lowest BCUT2D eigenvalue weighted by atomic mass is 10.0. The van der Waals surface area contributed by atoms with E-state index < -0.39 is 0 Å². The van der Waals surface area contributed by atoms with Crippen LogP contribution in [0.25, 0.3) is 0 Å². The number of hydrogen-bond donors (Lipinski definition) is 3. The maximum absolute atomic E-state index is 9.74. The molecule has 0 fully saturated rings. The van der Waals surface area contributed by atoms with Crippen molar-refractivity contribution in [2.75, 3.05) is 40.3 Å². The van der Waals surface area contributed by atoms with E-state index in [2.05, 4.69) is 39.7 Å². The van der Waals surface area contributed by atoms with Gasteiger partial charge in [0.25, 0.3) is 0 Å². The van der Waals surface area contributed by atoms with E-state index in [-0.39, 0.29) is 18.6 Å². The van der Waals surface area contributed by atoms with Gasteiger partial charge >= 0.3 is 0 Å². The first-order chi connectivity index (χ1) is 13.0. The van der Waals surface area contributed by atoms with Gasteiger partial charge in [-0.1, -0.05) is 30.3 Å². The Morgan fingerprint density at radius 1 is 1.22 bits per heavy atom. The van der Waals surface area contributed by atoms with Gasteiger partial charge in [0.05, 0.1) is 25.4 Å². The maximum atomic E-state index is 9.74. The fraction of sp³-hybridized carbons (Fsp3) is 0.500. The van der Waals surface area contributed by atoms with Crippen molar-refractivity contribution in [2.45, 2.75) is 18.9 Å². The average Bonchev–Trinajstić information content (AvgIpc) is 3.08. The van der Waals surface area contributed by atoms with E-state index in [0.29, 0.717) is 13.1 Å². The van der Waals surface area contributed by atoms with Gasteiger partial charge in [-0.25, -0.2) is 0 Å². The molecule has 0 radical (unpaired) electrons. The number of aliphatic hydroxyl groups excluding tert-OH is 1. The van der Waals surface area contributed by atoms with Crippen LogP contribution in [0.15, 0.2) is 47.7 Å². The first-order valence-electron chi connectivity index (χ1n) is 9.38. The Morgan fingerprint density at radius 3 is 2.52 bits per heavy atom. The molecule has 2 aromatic rings. The minimum atomic E-state index is -0.00961. The van der Waals surface area contributed by atoms with Gasteiger partial charge in [-0.15, -0.1) is 0 Å². The summed E-state index contributed by atoms with van der Waals surface area (Å²) >= 11 is 0. The fourth-order valence-electron chi connectivity index (χ4n) is 2.94. The Hall–Kier alpha value is -2.38. The highest BCUT2D eigenvalue weighted by molar-refractivity contribution is 5.79. The van der Waals surface area contributed by atoms with Crippen molar-refractivity contribution < 1.29 is 5.11 Å². The quantitative estimate of drug-likeness (QED) is 0.458. The number of aromatic nitrogens is 2. The van der Waals surface area contributed by atoms with E-state index in [1.165, 1.54) is 0 Å². The highest BCUT2D eigenvalue weighted by Gasteiger charge is 2.16. The zero-order valence-corrected chi connectivity index (χ0v) is 16.8. The van der Waals surface area contributed by atoms with E-state index in [1.807, 2.05) is 61.4 Å². The summed E-state index contributed by atoms with van der Waals surface area (Å²) in [5, 5.41) is 20.7. The molecule has 27 heavy (non-hydrogen) atoms. The second-order valence-electron chi connectivity index (χ2n) is 6.82. The first-order valence-corrected chi connectivity index (χ1v) is 9.38. The predicted octanol–water partition coefficient (Wildman–Crippen LogP) is 1.35. The zero-order chi connectivity index (χ0) is 19.6. The minimum absolute atomic E-state index is 0.00961. The van der Waals surface area contributed by atoms with Crippen molar-refractivity contribution in [3.63, 3.8) is 0 Å². The molecule has 7 heteroatoms. The molecular weight excluding hydrogens is 340 g/mol. The molecule has 0 spiro atoms. The number of rotatable bonds is 9. The number of likely N-dealkylation sites (N-methyl/N-ethyl adjacent to an activating group) is 1. The third-order valence-corrected chi connectivity index (χ3v) is 4.50. The van der Waals surface area contributed by atoms with Crippen molar-refractivity contribution >= 4 is 5.96 Å². The van der Waals surface area contributed by atoms with Gasteiger partial charge in [-0.3, -0.25) is 9.67 Å². The van der Waals surface area contributed by atoms with Crippen molar-refractivity contribution in [3.05, 3.63) is 53.9 Å². The van der Waals surface area contributed by atoms with Crippen LogP contribution in [-0.2, 0) is 7.05 Å². The summed E-state index contributed by atoms with van der Waals surface area (Å²) in [5.74, 6) is 0.743. The van der Waals surface area contributed by atoms with Gasteiger partial charge in [0.15, 0.2) is 5.96 Å². The van der Waals surface area contributed by atoms with Crippen LogP contribution in [0.5, 0.6) is 0 Å². The second kappa shape index (κ2) is 10.7. The van der Waals surface area contributed by atoms with Crippen LogP contribution in [-0.4, -0.2) is 66.1 Å². The summed E-state index contributed by atoms with van der Waals surface area (Å²) < 4.78 is 1.82. The number of aliphatic hydroxyl groups is 1. The highest BCUT2D eigenvalue weighted by atomic mass is 16.3. The van der Waals surface area contributed by atoms with E-state index in [4.69, 9.17) is 0 Å². The van der Waals surface area contributed by atoms with Gasteiger partial charge in [0, 0.05) is 37.8 Å². The highest BCUT2D eigenvalue weighted by Crippen LogP contribution is 2.17. The maximum Gasteiger partial charge on any atom is 0.191 e. The first kappa shape index (κ1) is 20.9. The summed E-state index contributed by atoms with van der Waals surface area (Å²) in [6, 6.07) is 10.2. The minimum Gasteiger partial charge on any atom is -0.396 e. The fourth-order valence-corrected chi connectivity index (χ4v) is 2.94. The molecule has 0 bridgehead atoms. The number of nitrogens with zero attached hydrogens (tertiary/aromatic N) is 4. The molecule has 2 unspecified atom stereocenters. The molecule has 2 rings (SSSR count). The van der Waals surface area contributed by atoms with E-state index in [1.54, 1.807) is 0 Å². The van der Waals surface area contributed by atoms with E-state index in [9.17, 15) is 5.11 Å². The van der Waals surface area contributed by atoms with Crippen LogP contribution in [0.4, 0.5) is 0 Å². The molecule has 1 aromatic heterocycles. The third-order valence-electron chi connectivity index (χ3n) is 4.50. The Morgan fingerprint density at radius 2 is 1.96 bits per heavy atom. The number of benzene rings is 1. The molecule has 0 aliphatic carbocycles. The molecule has 0 saturated carbocycles. The second-order valence-corrected chi connectivity index (χ2v) is 6.82. The molecule has 0 amide bonds. The van der Waals surface area contributed by atoms with Crippen molar-refractivity contribution in [1.82, 2.24) is 25.3 Å². The summed E-state index contributed by atoms with van der Waals surface area (Å²) in [7, 11) is 6.04. The van der Waals surface area contributed by atoms with Crippen LogP contribution < -0.4 is 10.6 Å². The molecule has 0 aliphatic heterocycles. The van der Waals surface area contributed by atoms with Crippen molar-refractivity contribution in [1.29, 1.82) is 0 Å². The number of hydrogen-bond acceptors (Lipinski definition) is 4. The van der Waals surface area contributed by atoms with Crippen LogP contribution in [0.3, 0.4) is 0 Å². The van der Waals surface area contributed by atoms with Crippen molar-refractivity contribution in [2.24, 2.45) is 12.0 Å². The smallest absolute Gasteiger partial charge is 0.191 e. The lowest BCUT2D eigenvalue weighted by Gasteiger charge is -2.25. The number of aryl methyl sites for hydroxylation is 1. The Bertz CT molecular complexity index is 698. The molecule has 0 aliphatic rings. The van der Waals surface area contributed by atoms with Crippen LogP contribution in [0.2, 0.25) is 0 Å². The summed E-state index contributed by atoms with van der Waals surface area (Å²) in [5.41, 5.74) is 2.25. The van der Waals surface area contributed by atoms with Crippen LogP contribution in [0.1, 0.15) is 30.0 Å². The number of nitrogens with one attached hydrogen (secondary N) is 2. The SMILES string of the molecule is CCNC(=NCC(CO)c1ccccc1)NCC(c1cnn(C)c1)N(C)C. The standard InChI is InChI=1S/C20H32N6O/c1-5-21-20(22-11-18(15-27)16-9-7-6-8-10-16)23-13-19(25(2)3)17-12-24-26(4)14-17/h6-10,12,14,18-19,27H,5,11,13,15H2,1-4H3,(H2,21,22,23). The summed E-state index contributed by atoms with van der Waals surface area (Å²) in [6.45, 7) is 4.13. The molecule has 1 aromatic carbocycles. The number of guanidine groups is 1. The monoisotopic (exact) mass is 372 g/mol. The molecule has 7 nitrogen and oxygen atoms in total. The molecule has 0 saturated heterocycles. The Labute approximate surface area is 162 Å². The average molecular weight is 373 g/mol. The predicted molar refractivity (Wildman–Crippen MR) is 110 cm³/mol. The zero-order valence-electron chi connectivity index (χ0n) is 16.8. The Kier molecular flexibility index (Phi) is 8.29. The Balaban J connectivity index is 2.03. The van der Waals surface area contributed by atoms with Crippen LogP contribution >= 0.6 is 0 Å². The van der Waals surface area contributed by atoms with Gasteiger partial charge in [0.2, 0.25) is 0 Å². The molecular formula is C20H32N6O.